The van der Waals surface area contributed by atoms with Gasteiger partial charge in [-0.3, -0.25) is 0 Å². The SMILES string of the molecule is CCCC1CN(c2c(Cl)cc(F)cc2Br)C(C(C)C)CN1. The number of piperazine rings is 1. The molecule has 5 heteroatoms. The van der Waals surface area contributed by atoms with Crippen LogP contribution in [0.15, 0.2) is 16.6 Å². The van der Waals surface area contributed by atoms with Gasteiger partial charge in [0.05, 0.1) is 10.7 Å². The zero-order chi connectivity index (χ0) is 15.6. The van der Waals surface area contributed by atoms with E-state index in [1.807, 2.05) is 0 Å². The number of halogens is 3. The third kappa shape index (κ3) is 3.91. The molecule has 1 heterocycles. The van der Waals surface area contributed by atoms with Crippen LogP contribution in [0.4, 0.5) is 10.1 Å². The van der Waals surface area contributed by atoms with Crippen LogP contribution in [0.25, 0.3) is 0 Å². The summed E-state index contributed by atoms with van der Waals surface area (Å²) in [6.45, 7) is 8.46. The van der Waals surface area contributed by atoms with Crippen molar-refractivity contribution in [3.8, 4) is 0 Å². The van der Waals surface area contributed by atoms with Gasteiger partial charge in [0.1, 0.15) is 5.82 Å². The summed E-state index contributed by atoms with van der Waals surface area (Å²) in [6, 6.07) is 3.71. The zero-order valence-electron chi connectivity index (χ0n) is 12.8. The van der Waals surface area contributed by atoms with E-state index in [1.54, 1.807) is 0 Å². The van der Waals surface area contributed by atoms with Crippen LogP contribution in [0.2, 0.25) is 5.02 Å². The fraction of sp³-hybridized carbons (Fsp3) is 0.625. The van der Waals surface area contributed by atoms with Crippen LogP contribution < -0.4 is 10.2 Å². The fourth-order valence-electron chi connectivity index (χ4n) is 3.04. The lowest BCUT2D eigenvalue weighted by Gasteiger charge is -2.44. The van der Waals surface area contributed by atoms with Crippen LogP contribution in [-0.2, 0) is 0 Å². The van der Waals surface area contributed by atoms with Gasteiger partial charge in [-0.1, -0.05) is 38.8 Å². The smallest absolute Gasteiger partial charge is 0.125 e. The summed E-state index contributed by atoms with van der Waals surface area (Å²) in [7, 11) is 0. The average molecular weight is 378 g/mol. The van der Waals surface area contributed by atoms with Crippen molar-refractivity contribution in [2.75, 3.05) is 18.0 Å². The minimum atomic E-state index is -0.308. The molecule has 1 N–H and O–H groups in total. The Bertz CT molecular complexity index is 472. The number of hydrogen-bond donors (Lipinski definition) is 1. The van der Waals surface area contributed by atoms with E-state index in [0.29, 0.717) is 23.0 Å². The van der Waals surface area contributed by atoms with Crippen LogP contribution in [-0.4, -0.2) is 25.2 Å². The minimum Gasteiger partial charge on any atom is -0.363 e. The highest BCUT2D eigenvalue weighted by atomic mass is 79.9. The highest BCUT2D eigenvalue weighted by molar-refractivity contribution is 9.10. The van der Waals surface area contributed by atoms with Crippen molar-refractivity contribution in [2.24, 2.45) is 5.92 Å². The summed E-state index contributed by atoms with van der Waals surface area (Å²) in [6.07, 6.45) is 2.29. The van der Waals surface area contributed by atoms with E-state index < -0.39 is 0 Å². The van der Waals surface area contributed by atoms with Gasteiger partial charge in [0.2, 0.25) is 0 Å². The average Bonchev–Trinajstić information content (AvgIpc) is 2.37. The highest BCUT2D eigenvalue weighted by Crippen LogP contribution is 2.38. The number of rotatable bonds is 4. The Morgan fingerprint density at radius 1 is 1.48 bits per heavy atom. The van der Waals surface area contributed by atoms with E-state index in [2.05, 4.69) is 46.9 Å². The molecule has 1 fully saturated rings. The Morgan fingerprint density at radius 3 is 2.76 bits per heavy atom. The van der Waals surface area contributed by atoms with Crippen LogP contribution in [0.1, 0.15) is 33.6 Å². The normalized spacial score (nSPS) is 22.9. The molecule has 0 spiro atoms. The predicted molar refractivity (Wildman–Crippen MR) is 91.8 cm³/mol. The molecule has 0 saturated carbocycles. The monoisotopic (exact) mass is 376 g/mol. The van der Waals surface area contributed by atoms with Crippen molar-refractivity contribution in [3.05, 3.63) is 27.4 Å². The highest BCUT2D eigenvalue weighted by Gasteiger charge is 2.32. The van der Waals surface area contributed by atoms with Crippen LogP contribution in [0, 0.1) is 11.7 Å². The molecule has 0 amide bonds. The van der Waals surface area contributed by atoms with E-state index >= 15 is 0 Å². The number of benzene rings is 1. The van der Waals surface area contributed by atoms with Gasteiger partial charge < -0.3 is 10.2 Å². The van der Waals surface area contributed by atoms with Crippen molar-refractivity contribution in [2.45, 2.75) is 45.7 Å². The molecule has 1 saturated heterocycles. The van der Waals surface area contributed by atoms with Gasteiger partial charge in [-0.2, -0.15) is 0 Å². The Balaban J connectivity index is 2.35. The maximum atomic E-state index is 13.5. The lowest BCUT2D eigenvalue weighted by Crippen LogP contribution is -2.58. The van der Waals surface area contributed by atoms with E-state index in [9.17, 15) is 4.39 Å². The molecule has 2 unspecified atom stereocenters. The van der Waals surface area contributed by atoms with Crippen molar-refractivity contribution in [3.63, 3.8) is 0 Å². The van der Waals surface area contributed by atoms with Gasteiger partial charge in [-0.15, -0.1) is 0 Å². The van der Waals surface area contributed by atoms with Gasteiger partial charge in [0.15, 0.2) is 0 Å². The molecule has 1 aromatic rings. The summed E-state index contributed by atoms with van der Waals surface area (Å²) in [4.78, 5) is 2.34. The van der Waals surface area contributed by atoms with Crippen molar-refractivity contribution in [1.29, 1.82) is 0 Å². The van der Waals surface area contributed by atoms with Gasteiger partial charge in [0.25, 0.3) is 0 Å². The largest absolute Gasteiger partial charge is 0.363 e. The number of nitrogens with one attached hydrogen (secondary N) is 1. The quantitative estimate of drug-likeness (QED) is 0.807. The molecular formula is C16H23BrClFN2. The Labute approximate surface area is 140 Å². The van der Waals surface area contributed by atoms with Crippen molar-refractivity contribution < 1.29 is 4.39 Å². The summed E-state index contributed by atoms with van der Waals surface area (Å²) < 4.78 is 14.2. The first kappa shape index (κ1) is 17.0. The molecular weight excluding hydrogens is 355 g/mol. The molecule has 118 valence electrons. The molecule has 2 nitrogen and oxygen atoms in total. The van der Waals surface area contributed by atoms with Crippen LogP contribution in [0.3, 0.4) is 0 Å². The summed E-state index contributed by atoms with van der Waals surface area (Å²) in [5.74, 6) is 0.185. The van der Waals surface area contributed by atoms with Crippen LogP contribution in [0.5, 0.6) is 0 Å². The molecule has 2 rings (SSSR count). The van der Waals surface area contributed by atoms with Gasteiger partial charge in [-0.05, 0) is 40.4 Å². The topological polar surface area (TPSA) is 15.3 Å². The molecule has 2 atom stereocenters. The maximum Gasteiger partial charge on any atom is 0.125 e. The lowest BCUT2D eigenvalue weighted by molar-refractivity contribution is 0.327. The second-order valence-corrected chi connectivity index (χ2v) is 7.34. The van der Waals surface area contributed by atoms with Gasteiger partial charge >= 0.3 is 0 Å². The summed E-state index contributed by atoms with van der Waals surface area (Å²) in [5.41, 5.74) is 0.916. The minimum absolute atomic E-state index is 0.308. The number of anilines is 1. The Hall–Kier alpha value is -0.320. The second-order valence-electron chi connectivity index (χ2n) is 6.08. The van der Waals surface area contributed by atoms with E-state index in [1.165, 1.54) is 12.1 Å². The van der Waals surface area contributed by atoms with Gasteiger partial charge in [-0.25, -0.2) is 4.39 Å². The van der Waals surface area contributed by atoms with E-state index in [-0.39, 0.29) is 5.82 Å². The zero-order valence-corrected chi connectivity index (χ0v) is 15.1. The van der Waals surface area contributed by atoms with E-state index in [4.69, 9.17) is 11.6 Å². The fourth-order valence-corrected chi connectivity index (χ4v) is 4.13. The first-order chi connectivity index (χ1) is 9.93. The number of hydrogen-bond acceptors (Lipinski definition) is 2. The maximum absolute atomic E-state index is 13.5. The predicted octanol–water partition coefficient (Wildman–Crippen LogP) is 4.84. The van der Waals surface area contributed by atoms with Crippen molar-refractivity contribution >= 4 is 33.2 Å². The first-order valence-electron chi connectivity index (χ1n) is 7.58. The third-order valence-electron chi connectivity index (χ3n) is 4.11. The van der Waals surface area contributed by atoms with Gasteiger partial charge in [0, 0.05) is 29.6 Å². The molecule has 0 aromatic heterocycles. The third-order valence-corrected chi connectivity index (χ3v) is 5.00. The molecule has 1 aromatic carbocycles. The number of nitrogens with zero attached hydrogens (tertiary/aromatic N) is 1. The first-order valence-corrected chi connectivity index (χ1v) is 8.75. The van der Waals surface area contributed by atoms with Crippen LogP contribution >= 0.6 is 27.5 Å². The van der Waals surface area contributed by atoms with E-state index in [0.717, 1.165) is 36.1 Å². The standard InChI is InChI=1S/C16H23BrClFN2/c1-4-5-12-9-21(15(8-20-12)10(2)3)16-13(17)6-11(19)7-14(16)18/h6-7,10,12,15,20H,4-5,8-9H2,1-3H3. The second kappa shape index (κ2) is 7.30. The Morgan fingerprint density at radius 2 is 2.19 bits per heavy atom. The summed E-state index contributed by atoms with van der Waals surface area (Å²) in [5, 5.41) is 4.10. The van der Waals surface area contributed by atoms with Crippen molar-refractivity contribution in [1.82, 2.24) is 5.32 Å². The molecule has 0 bridgehead atoms. The lowest BCUT2D eigenvalue weighted by atomic mass is 9.96. The summed E-state index contributed by atoms with van der Waals surface area (Å²) >= 11 is 9.81. The molecule has 0 radical (unpaired) electrons. The molecule has 1 aliphatic rings. The molecule has 21 heavy (non-hydrogen) atoms. The Kier molecular flexibility index (Phi) is 5.92. The molecule has 0 aliphatic carbocycles. The molecule has 1 aliphatic heterocycles.